The van der Waals surface area contributed by atoms with Crippen molar-refractivity contribution in [3.63, 3.8) is 0 Å². The number of aromatic nitrogens is 4. The molecule has 0 saturated heterocycles. The predicted molar refractivity (Wildman–Crippen MR) is 87.1 cm³/mol. The van der Waals surface area contributed by atoms with Crippen LogP contribution in [0.15, 0.2) is 34.1 Å². The summed E-state index contributed by atoms with van der Waals surface area (Å²) < 4.78 is 3.30. The summed E-state index contributed by atoms with van der Waals surface area (Å²) in [7, 11) is 3.58. The van der Waals surface area contributed by atoms with Crippen LogP contribution in [-0.4, -0.2) is 19.3 Å². The van der Waals surface area contributed by atoms with Gasteiger partial charge in [0.1, 0.15) is 5.82 Å². The minimum absolute atomic E-state index is 0.00343. The third-order valence-electron chi connectivity index (χ3n) is 3.23. The molecule has 0 aromatic carbocycles. The molecule has 0 unspecified atom stereocenters. The zero-order valence-electron chi connectivity index (χ0n) is 14.1. The number of nitrogens with zero attached hydrogens (tertiary/aromatic N) is 4. The molecule has 120 valence electrons. The quantitative estimate of drug-likeness (QED) is 0.848. The Morgan fingerprint density at radius 2 is 1.68 bits per heavy atom. The molecule has 2 heterocycles. The van der Waals surface area contributed by atoms with Gasteiger partial charge in [0.2, 0.25) is 0 Å². The first-order valence-electron chi connectivity index (χ1n) is 7.29. The number of aryl methyl sites for hydroxylation is 1. The second-order valence-corrected chi connectivity index (χ2v) is 5.75. The average Bonchev–Trinajstić information content (AvgIpc) is 2.44. The smallest absolute Gasteiger partial charge is 0.253 e. The molecule has 22 heavy (non-hydrogen) atoms. The number of rotatable bonds is 2. The fourth-order valence-corrected chi connectivity index (χ4v) is 2.05. The van der Waals surface area contributed by atoms with Crippen LogP contribution < -0.4 is 11.0 Å². The Balaban J connectivity index is 0.000000220. The van der Waals surface area contributed by atoms with Gasteiger partial charge in [-0.15, -0.1) is 0 Å². The molecular formula is C16H24N4O2. The zero-order chi connectivity index (χ0) is 16.9. The maximum atomic E-state index is 11.1. The normalized spacial score (nSPS) is 10.5. The molecule has 0 saturated carbocycles. The van der Waals surface area contributed by atoms with Crippen molar-refractivity contribution in [1.82, 2.24) is 19.3 Å². The van der Waals surface area contributed by atoms with Gasteiger partial charge in [0, 0.05) is 44.0 Å². The van der Waals surface area contributed by atoms with E-state index in [1.807, 2.05) is 34.7 Å². The minimum atomic E-state index is -0.0215. The van der Waals surface area contributed by atoms with Gasteiger partial charge in [0.25, 0.3) is 5.56 Å². The first kappa shape index (κ1) is 17.8. The molecular weight excluding hydrogens is 280 g/mol. The van der Waals surface area contributed by atoms with Gasteiger partial charge >= 0.3 is 0 Å². The van der Waals surface area contributed by atoms with Crippen LogP contribution in [0.4, 0.5) is 0 Å². The molecule has 0 aliphatic rings. The molecule has 0 radical (unpaired) electrons. The van der Waals surface area contributed by atoms with E-state index >= 15 is 0 Å². The molecule has 0 atom stereocenters. The molecule has 6 heteroatoms. The third-order valence-corrected chi connectivity index (χ3v) is 3.23. The molecule has 6 nitrogen and oxygen atoms in total. The van der Waals surface area contributed by atoms with Crippen LogP contribution in [0.25, 0.3) is 0 Å². The van der Waals surface area contributed by atoms with Crippen molar-refractivity contribution in [2.24, 2.45) is 14.1 Å². The highest BCUT2D eigenvalue weighted by Gasteiger charge is 2.04. The Kier molecular flexibility index (Phi) is 6.22. The van der Waals surface area contributed by atoms with Crippen LogP contribution in [0.2, 0.25) is 0 Å². The summed E-state index contributed by atoms with van der Waals surface area (Å²) in [5.74, 6) is 1.48. The standard InChI is InChI=1S/2C8H12N2O/c1-6(2)8-4-7(11)5-9-10(8)3;1-6(2)8-9-5-4-7(11)10(8)3/h2*4-6H,1-3H3. The summed E-state index contributed by atoms with van der Waals surface area (Å²) >= 11 is 0. The van der Waals surface area contributed by atoms with Gasteiger partial charge < -0.3 is 0 Å². The zero-order valence-corrected chi connectivity index (χ0v) is 14.1. The second-order valence-electron chi connectivity index (χ2n) is 5.75. The lowest BCUT2D eigenvalue weighted by molar-refractivity contribution is 0.637. The van der Waals surface area contributed by atoms with Gasteiger partial charge in [-0.3, -0.25) is 18.8 Å². The van der Waals surface area contributed by atoms with Gasteiger partial charge in [0.05, 0.1) is 6.20 Å². The van der Waals surface area contributed by atoms with Crippen molar-refractivity contribution in [1.29, 1.82) is 0 Å². The minimum Gasteiger partial charge on any atom is -0.300 e. The molecule has 0 amide bonds. The number of hydrogen-bond donors (Lipinski definition) is 0. The first-order chi connectivity index (χ1) is 10.2. The Morgan fingerprint density at radius 3 is 2.14 bits per heavy atom. The van der Waals surface area contributed by atoms with Crippen molar-refractivity contribution >= 4 is 0 Å². The van der Waals surface area contributed by atoms with E-state index in [0.717, 1.165) is 11.5 Å². The first-order valence-corrected chi connectivity index (χ1v) is 7.29. The van der Waals surface area contributed by atoms with Crippen molar-refractivity contribution < 1.29 is 0 Å². The maximum Gasteiger partial charge on any atom is 0.253 e. The lowest BCUT2D eigenvalue weighted by Crippen LogP contribution is -2.21. The van der Waals surface area contributed by atoms with Gasteiger partial charge in [-0.2, -0.15) is 5.10 Å². The molecule has 0 N–H and O–H groups in total. The highest BCUT2D eigenvalue weighted by atomic mass is 16.1. The molecule has 2 aromatic heterocycles. The lowest BCUT2D eigenvalue weighted by atomic mass is 10.1. The topological polar surface area (TPSA) is 69.8 Å². The molecule has 0 aliphatic heterocycles. The fraction of sp³-hybridized carbons (Fsp3) is 0.500. The van der Waals surface area contributed by atoms with E-state index in [0.29, 0.717) is 11.8 Å². The lowest BCUT2D eigenvalue weighted by Gasteiger charge is -2.08. The van der Waals surface area contributed by atoms with Gasteiger partial charge in [-0.1, -0.05) is 27.7 Å². The van der Waals surface area contributed by atoms with Crippen LogP contribution in [0.1, 0.15) is 51.0 Å². The van der Waals surface area contributed by atoms with Crippen molar-refractivity contribution in [3.05, 3.63) is 56.6 Å². The van der Waals surface area contributed by atoms with Crippen LogP contribution in [0.3, 0.4) is 0 Å². The van der Waals surface area contributed by atoms with Gasteiger partial charge in [-0.25, -0.2) is 4.98 Å². The molecule has 2 rings (SSSR count). The third kappa shape index (κ3) is 4.65. The monoisotopic (exact) mass is 304 g/mol. The highest BCUT2D eigenvalue weighted by molar-refractivity contribution is 5.05. The molecule has 0 spiro atoms. The Hall–Kier alpha value is -2.24. The largest absolute Gasteiger partial charge is 0.300 e. The van der Waals surface area contributed by atoms with Crippen LogP contribution in [0.5, 0.6) is 0 Å². The summed E-state index contributed by atoms with van der Waals surface area (Å²) in [6.45, 7) is 8.11. The van der Waals surface area contributed by atoms with E-state index < -0.39 is 0 Å². The Labute approximate surface area is 130 Å². The summed E-state index contributed by atoms with van der Waals surface area (Å²) in [5.41, 5.74) is 0.952. The fourth-order valence-electron chi connectivity index (χ4n) is 2.05. The average molecular weight is 304 g/mol. The van der Waals surface area contributed by atoms with Crippen molar-refractivity contribution in [2.45, 2.75) is 39.5 Å². The Bertz CT molecular complexity index is 723. The highest BCUT2D eigenvalue weighted by Crippen LogP contribution is 2.08. The molecule has 0 fully saturated rings. The van der Waals surface area contributed by atoms with Crippen molar-refractivity contribution in [2.75, 3.05) is 0 Å². The van der Waals surface area contributed by atoms with Crippen molar-refractivity contribution in [3.8, 4) is 0 Å². The maximum absolute atomic E-state index is 11.1. The predicted octanol–water partition coefficient (Wildman–Crippen LogP) is 1.81. The van der Waals surface area contributed by atoms with Crippen LogP contribution >= 0.6 is 0 Å². The van der Waals surface area contributed by atoms with Crippen LogP contribution in [-0.2, 0) is 14.1 Å². The van der Waals surface area contributed by atoms with E-state index in [-0.39, 0.29) is 11.0 Å². The summed E-state index contributed by atoms with van der Waals surface area (Å²) in [4.78, 5) is 26.0. The molecule has 2 aromatic rings. The molecule has 0 bridgehead atoms. The summed E-state index contributed by atoms with van der Waals surface area (Å²) in [5, 5.41) is 3.90. The van der Waals surface area contributed by atoms with E-state index in [9.17, 15) is 9.59 Å². The molecule has 0 aliphatic carbocycles. The van der Waals surface area contributed by atoms with Gasteiger partial charge in [-0.05, 0) is 5.92 Å². The van der Waals surface area contributed by atoms with Gasteiger partial charge in [0.15, 0.2) is 5.43 Å². The number of hydrogen-bond acceptors (Lipinski definition) is 4. The van der Waals surface area contributed by atoms with E-state index in [1.54, 1.807) is 28.6 Å². The van der Waals surface area contributed by atoms with E-state index in [1.165, 1.54) is 12.3 Å². The SMILES string of the molecule is CC(C)c1cc(=O)cnn1C.CC(C)c1nccc(=O)n1C. The van der Waals surface area contributed by atoms with E-state index in [4.69, 9.17) is 0 Å². The Morgan fingerprint density at radius 1 is 1.05 bits per heavy atom. The van der Waals surface area contributed by atoms with E-state index in [2.05, 4.69) is 10.1 Å². The second kappa shape index (κ2) is 7.68. The van der Waals surface area contributed by atoms with Crippen LogP contribution in [0, 0.1) is 0 Å². The summed E-state index contributed by atoms with van der Waals surface area (Å²) in [6.07, 6.45) is 2.88. The summed E-state index contributed by atoms with van der Waals surface area (Å²) in [6, 6.07) is 3.09.